The number of nitrogens with zero attached hydrogens (tertiary/aromatic N) is 2. The molecule has 8 nitrogen and oxygen atoms in total. The minimum atomic E-state index is -0.650. The number of hydrogen-bond donors (Lipinski definition) is 0. The summed E-state index contributed by atoms with van der Waals surface area (Å²) < 4.78 is 22.2. The van der Waals surface area contributed by atoms with Crippen LogP contribution in [0.2, 0.25) is 0 Å². The normalized spacial score (nSPS) is 19.3. The molecule has 5 rings (SSSR count). The van der Waals surface area contributed by atoms with Gasteiger partial charge in [-0.2, -0.15) is 0 Å². The summed E-state index contributed by atoms with van der Waals surface area (Å²) in [4.78, 5) is 29.1. The SMILES string of the molecule is O=C(CCc1ccc2c(c1)OCO2)N1CCN(C(=O)[C@H]2COc3ccccc3O2)CC1. The highest BCUT2D eigenvalue weighted by Gasteiger charge is 2.33. The van der Waals surface area contributed by atoms with E-state index in [0.29, 0.717) is 50.5 Å². The van der Waals surface area contributed by atoms with Gasteiger partial charge in [-0.1, -0.05) is 18.2 Å². The van der Waals surface area contributed by atoms with Crippen molar-refractivity contribution in [3.8, 4) is 23.0 Å². The molecule has 3 aliphatic rings. The molecular weight excluding hydrogens is 400 g/mol. The average Bonchev–Trinajstić information content (AvgIpc) is 3.30. The maximum atomic E-state index is 12.8. The molecule has 3 aliphatic heterocycles. The third-order valence-electron chi connectivity index (χ3n) is 5.79. The lowest BCUT2D eigenvalue weighted by Gasteiger charge is -2.37. The average molecular weight is 424 g/mol. The minimum Gasteiger partial charge on any atom is -0.485 e. The fourth-order valence-corrected chi connectivity index (χ4v) is 4.03. The molecule has 0 unspecified atom stereocenters. The first-order valence-electron chi connectivity index (χ1n) is 10.5. The number of carbonyl (C=O) groups excluding carboxylic acids is 2. The van der Waals surface area contributed by atoms with Crippen molar-refractivity contribution >= 4 is 11.8 Å². The third kappa shape index (κ3) is 4.10. The Bertz CT molecular complexity index is 986. The Kier molecular flexibility index (Phi) is 5.28. The Morgan fingerprint density at radius 3 is 2.39 bits per heavy atom. The molecule has 0 aliphatic carbocycles. The summed E-state index contributed by atoms with van der Waals surface area (Å²) >= 11 is 0. The Hall–Kier alpha value is -3.42. The van der Waals surface area contributed by atoms with Gasteiger partial charge in [0.2, 0.25) is 18.8 Å². The van der Waals surface area contributed by atoms with Crippen molar-refractivity contribution in [3.63, 3.8) is 0 Å². The van der Waals surface area contributed by atoms with Crippen molar-refractivity contribution < 1.29 is 28.5 Å². The highest BCUT2D eigenvalue weighted by Crippen LogP contribution is 2.33. The van der Waals surface area contributed by atoms with E-state index < -0.39 is 6.10 Å². The molecule has 162 valence electrons. The third-order valence-corrected chi connectivity index (χ3v) is 5.79. The molecule has 1 fully saturated rings. The van der Waals surface area contributed by atoms with Gasteiger partial charge in [0.1, 0.15) is 6.61 Å². The molecule has 0 bridgehead atoms. The molecule has 2 aromatic carbocycles. The van der Waals surface area contributed by atoms with Gasteiger partial charge in [-0.25, -0.2) is 0 Å². The van der Waals surface area contributed by atoms with Crippen LogP contribution in [0.15, 0.2) is 42.5 Å². The zero-order valence-electron chi connectivity index (χ0n) is 17.1. The largest absolute Gasteiger partial charge is 0.485 e. The molecular formula is C23H24N2O6. The minimum absolute atomic E-state index is 0.0935. The Morgan fingerprint density at radius 1 is 0.839 bits per heavy atom. The molecule has 1 saturated heterocycles. The lowest BCUT2D eigenvalue weighted by atomic mass is 10.1. The summed E-state index contributed by atoms with van der Waals surface area (Å²) in [5, 5.41) is 0. The van der Waals surface area contributed by atoms with Crippen molar-refractivity contribution in [2.24, 2.45) is 0 Å². The number of hydrogen-bond acceptors (Lipinski definition) is 6. The van der Waals surface area contributed by atoms with Crippen LogP contribution in [-0.4, -0.2) is 67.3 Å². The zero-order valence-corrected chi connectivity index (χ0v) is 17.1. The van der Waals surface area contributed by atoms with E-state index in [4.69, 9.17) is 18.9 Å². The molecule has 2 amide bonds. The first kappa shape index (κ1) is 19.5. The van der Waals surface area contributed by atoms with E-state index in [9.17, 15) is 9.59 Å². The molecule has 2 aromatic rings. The van der Waals surface area contributed by atoms with Crippen molar-refractivity contribution in [3.05, 3.63) is 48.0 Å². The Morgan fingerprint density at radius 2 is 1.55 bits per heavy atom. The second-order valence-electron chi connectivity index (χ2n) is 7.76. The summed E-state index contributed by atoms with van der Waals surface area (Å²) in [6, 6.07) is 13.1. The van der Waals surface area contributed by atoms with Crippen LogP contribution in [-0.2, 0) is 16.0 Å². The quantitative estimate of drug-likeness (QED) is 0.746. The Labute approximate surface area is 180 Å². The summed E-state index contributed by atoms with van der Waals surface area (Å²) in [5.74, 6) is 2.71. The van der Waals surface area contributed by atoms with Gasteiger partial charge in [-0.05, 0) is 36.2 Å². The standard InChI is InChI=1S/C23H24N2O6/c26-22(8-6-16-5-7-18-20(13-16)30-15-29-18)24-9-11-25(12-10-24)23(27)21-14-28-17-3-1-2-4-19(17)31-21/h1-5,7,13,21H,6,8-12,14-15H2/t21-/m1/s1. The van der Waals surface area contributed by atoms with Crippen LogP contribution in [0, 0.1) is 0 Å². The molecule has 8 heteroatoms. The monoisotopic (exact) mass is 424 g/mol. The van der Waals surface area contributed by atoms with Crippen LogP contribution in [0.5, 0.6) is 23.0 Å². The number of ether oxygens (including phenoxy) is 4. The van der Waals surface area contributed by atoms with Crippen molar-refractivity contribution in [1.29, 1.82) is 0 Å². The predicted molar refractivity (Wildman–Crippen MR) is 110 cm³/mol. The van der Waals surface area contributed by atoms with E-state index in [1.54, 1.807) is 11.0 Å². The van der Waals surface area contributed by atoms with Gasteiger partial charge in [0, 0.05) is 32.6 Å². The first-order chi connectivity index (χ1) is 15.2. The van der Waals surface area contributed by atoms with Crippen LogP contribution in [0.1, 0.15) is 12.0 Å². The number of para-hydroxylation sites is 2. The fraction of sp³-hybridized carbons (Fsp3) is 0.391. The van der Waals surface area contributed by atoms with E-state index in [1.807, 2.05) is 41.3 Å². The van der Waals surface area contributed by atoms with Gasteiger partial charge in [0.05, 0.1) is 0 Å². The molecule has 3 heterocycles. The summed E-state index contributed by atoms with van der Waals surface area (Å²) in [5.41, 5.74) is 1.04. The first-order valence-corrected chi connectivity index (χ1v) is 10.5. The van der Waals surface area contributed by atoms with E-state index >= 15 is 0 Å². The summed E-state index contributed by atoms with van der Waals surface area (Å²) in [7, 11) is 0. The lowest BCUT2D eigenvalue weighted by molar-refractivity contribution is -0.146. The summed E-state index contributed by atoms with van der Waals surface area (Å²) in [6.07, 6.45) is 0.411. The van der Waals surface area contributed by atoms with Gasteiger partial charge < -0.3 is 28.7 Å². The number of rotatable bonds is 4. The smallest absolute Gasteiger partial charge is 0.267 e. The second-order valence-corrected chi connectivity index (χ2v) is 7.76. The number of amides is 2. The number of fused-ring (bicyclic) bond motifs is 2. The molecule has 0 aromatic heterocycles. The van der Waals surface area contributed by atoms with Gasteiger partial charge in [-0.15, -0.1) is 0 Å². The van der Waals surface area contributed by atoms with Crippen molar-refractivity contribution in [2.45, 2.75) is 18.9 Å². The van der Waals surface area contributed by atoms with Crippen molar-refractivity contribution in [2.75, 3.05) is 39.6 Å². The van der Waals surface area contributed by atoms with Gasteiger partial charge in [0.15, 0.2) is 23.0 Å². The van der Waals surface area contributed by atoms with Crippen LogP contribution < -0.4 is 18.9 Å². The summed E-state index contributed by atoms with van der Waals surface area (Å²) in [6.45, 7) is 2.48. The van der Waals surface area contributed by atoms with Crippen molar-refractivity contribution in [1.82, 2.24) is 9.80 Å². The highest BCUT2D eigenvalue weighted by molar-refractivity contribution is 5.82. The molecule has 1 atom stereocenters. The highest BCUT2D eigenvalue weighted by atomic mass is 16.7. The van der Waals surface area contributed by atoms with Crippen LogP contribution >= 0.6 is 0 Å². The van der Waals surface area contributed by atoms with Gasteiger partial charge in [0.25, 0.3) is 5.91 Å². The topological polar surface area (TPSA) is 77.5 Å². The van der Waals surface area contributed by atoms with E-state index in [-0.39, 0.29) is 25.2 Å². The number of piperazine rings is 1. The maximum absolute atomic E-state index is 12.8. The fourth-order valence-electron chi connectivity index (χ4n) is 4.03. The zero-order chi connectivity index (χ0) is 21.2. The van der Waals surface area contributed by atoms with E-state index in [1.165, 1.54) is 0 Å². The van der Waals surface area contributed by atoms with Crippen LogP contribution in [0.3, 0.4) is 0 Å². The predicted octanol–water partition coefficient (Wildman–Crippen LogP) is 1.86. The molecule has 0 radical (unpaired) electrons. The van der Waals surface area contributed by atoms with Crippen LogP contribution in [0.25, 0.3) is 0 Å². The second kappa shape index (κ2) is 8.37. The maximum Gasteiger partial charge on any atom is 0.267 e. The number of benzene rings is 2. The van der Waals surface area contributed by atoms with Crippen LogP contribution in [0.4, 0.5) is 0 Å². The molecule has 0 saturated carbocycles. The molecule has 0 spiro atoms. The Balaban J connectivity index is 1.10. The number of aryl methyl sites for hydroxylation is 1. The van der Waals surface area contributed by atoms with Gasteiger partial charge >= 0.3 is 0 Å². The van der Waals surface area contributed by atoms with E-state index in [2.05, 4.69) is 0 Å². The molecule has 0 N–H and O–H groups in total. The number of carbonyl (C=O) groups is 2. The molecule has 31 heavy (non-hydrogen) atoms. The van der Waals surface area contributed by atoms with Gasteiger partial charge in [-0.3, -0.25) is 9.59 Å². The lowest BCUT2D eigenvalue weighted by Crippen LogP contribution is -2.55. The van der Waals surface area contributed by atoms with E-state index in [0.717, 1.165) is 17.1 Å².